The van der Waals surface area contributed by atoms with Crippen LogP contribution in [0.5, 0.6) is 11.8 Å². The van der Waals surface area contributed by atoms with E-state index in [0.717, 1.165) is 59.6 Å². The third-order valence-electron chi connectivity index (χ3n) is 8.76. The molecule has 2 saturated heterocycles. The standard InChI is InChI=1S/C32H37N7O3/c1-3-29(41)39-15-14-38(18-23(39)8-11-33)30-26-9-13-37(28-17-24(40)16-22-6-4-5-7-25(22)28)19-27(26)35-31(36-30)42-21-32(2)10-12-34-20-32/h3-7,16-17,23,34,40H,1,8-10,12-15,18-21H2,2H3/t23?,32-/m1/s1. The highest BCUT2D eigenvalue weighted by Crippen LogP contribution is 2.37. The van der Waals surface area contributed by atoms with Crippen molar-refractivity contribution in [3.05, 3.63) is 60.3 Å². The van der Waals surface area contributed by atoms with Gasteiger partial charge in [0.05, 0.1) is 37.4 Å². The zero-order valence-corrected chi connectivity index (χ0v) is 24.1. The molecule has 0 radical (unpaired) electrons. The van der Waals surface area contributed by atoms with Crippen LogP contribution in [-0.2, 0) is 17.8 Å². The van der Waals surface area contributed by atoms with Crippen LogP contribution >= 0.6 is 0 Å². The summed E-state index contributed by atoms with van der Waals surface area (Å²) in [5.74, 6) is 0.894. The maximum atomic E-state index is 12.5. The van der Waals surface area contributed by atoms with Crippen LogP contribution in [0.15, 0.2) is 49.1 Å². The Kier molecular flexibility index (Phi) is 7.60. The van der Waals surface area contributed by atoms with Crippen molar-refractivity contribution in [2.45, 2.75) is 38.8 Å². The van der Waals surface area contributed by atoms with Crippen molar-refractivity contribution < 1.29 is 14.6 Å². The summed E-state index contributed by atoms with van der Waals surface area (Å²) in [5, 5.41) is 25.5. The Hall–Kier alpha value is -4.36. The number of aromatic nitrogens is 2. The van der Waals surface area contributed by atoms with Crippen LogP contribution in [0.3, 0.4) is 0 Å². The Labute approximate surface area is 246 Å². The van der Waals surface area contributed by atoms with Crippen molar-refractivity contribution in [1.82, 2.24) is 20.2 Å². The Morgan fingerprint density at radius 1 is 1.26 bits per heavy atom. The number of amides is 1. The lowest BCUT2D eigenvalue weighted by Crippen LogP contribution is -2.55. The molecular formula is C32H37N7O3. The van der Waals surface area contributed by atoms with Gasteiger partial charge in [0.1, 0.15) is 11.6 Å². The van der Waals surface area contributed by atoms with E-state index >= 15 is 0 Å². The topological polar surface area (TPSA) is 118 Å². The van der Waals surface area contributed by atoms with Gasteiger partial charge in [0.25, 0.3) is 0 Å². The minimum atomic E-state index is -0.258. The van der Waals surface area contributed by atoms with Gasteiger partial charge in [0.15, 0.2) is 0 Å². The molecule has 1 unspecified atom stereocenters. The summed E-state index contributed by atoms with van der Waals surface area (Å²) in [6.45, 7) is 11.1. The van der Waals surface area contributed by atoms with Crippen molar-refractivity contribution in [2.75, 3.05) is 55.7 Å². The average Bonchev–Trinajstić information content (AvgIpc) is 3.45. The van der Waals surface area contributed by atoms with Gasteiger partial charge < -0.3 is 29.9 Å². The van der Waals surface area contributed by atoms with Gasteiger partial charge in [-0.1, -0.05) is 37.8 Å². The number of piperazine rings is 1. The number of carbonyl (C=O) groups excluding carboxylic acids is 1. The molecule has 1 amide bonds. The van der Waals surface area contributed by atoms with Gasteiger partial charge in [-0.3, -0.25) is 4.79 Å². The van der Waals surface area contributed by atoms with Crippen LogP contribution in [-0.4, -0.2) is 77.8 Å². The number of fused-ring (bicyclic) bond motifs is 2. The highest BCUT2D eigenvalue weighted by Gasteiger charge is 2.34. The van der Waals surface area contributed by atoms with E-state index in [2.05, 4.69) is 40.8 Å². The molecule has 3 aromatic rings. The molecule has 2 fully saturated rings. The molecule has 218 valence electrons. The maximum absolute atomic E-state index is 12.5. The third-order valence-corrected chi connectivity index (χ3v) is 8.76. The minimum absolute atomic E-state index is 0.0144. The number of nitrogens with zero attached hydrogens (tertiary/aromatic N) is 6. The molecule has 10 nitrogen and oxygen atoms in total. The highest BCUT2D eigenvalue weighted by atomic mass is 16.5. The largest absolute Gasteiger partial charge is 0.508 e. The first-order valence-electron chi connectivity index (χ1n) is 14.6. The molecule has 0 spiro atoms. The van der Waals surface area contributed by atoms with Crippen molar-refractivity contribution in [3.63, 3.8) is 0 Å². The molecule has 6 rings (SSSR count). The molecule has 4 heterocycles. The van der Waals surface area contributed by atoms with Gasteiger partial charge >= 0.3 is 6.01 Å². The van der Waals surface area contributed by atoms with E-state index in [9.17, 15) is 15.2 Å². The Balaban J connectivity index is 1.35. The number of carbonyl (C=O) groups is 1. The highest BCUT2D eigenvalue weighted by molar-refractivity contribution is 5.95. The smallest absolute Gasteiger partial charge is 0.318 e. The molecular weight excluding hydrogens is 530 g/mol. The second-order valence-electron chi connectivity index (χ2n) is 11.8. The SMILES string of the molecule is C=CC(=O)N1CCN(c2nc(OC[C@]3(C)CCNC3)nc3c2CCN(c2cc(O)cc4ccccc24)C3)CC1CC#N. The lowest BCUT2D eigenvalue weighted by molar-refractivity contribution is -0.128. The second kappa shape index (κ2) is 11.5. The van der Waals surface area contributed by atoms with E-state index in [4.69, 9.17) is 14.7 Å². The van der Waals surface area contributed by atoms with Gasteiger partial charge in [-0.05, 0) is 36.9 Å². The molecule has 42 heavy (non-hydrogen) atoms. The number of nitrogens with one attached hydrogen (secondary N) is 1. The number of nitriles is 1. The fourth-order valence-corrected chi connectivity index (χ4v) is 6.42. The fourth-order valence-electron chi connectivity index (χ4n) is 6.42. The molecule has 2 aromatic carbocycles. The average molecular weight is 568 g/mol. The predicted molar refractivity (Wildman–Crippen MR) is 162 cm³/mol. The lowest BCUT2D eigenvalue weighted by atomic mass is 9.91. The normalized spacial score (nSPS) is 22.1. The molecule has 0 aliphatic carbocycles. The van der Waals surface area contributed by atoms with Gasteiger partial charge in [0, 0.05) is 60.8 Å². The van der Waals surface area contributed by atoms with Crippen LogP contribution in [0.2, 0.25) is 0 Å². The van der Waals surface area contributed by atoms with Gasteiger partial charge in [-0.2, -0.15) is 15.2 Å². The maximum Gasteiger partial charge on any atom is 0.318 e. The summed E-state index contributed by atoms with van der Waals surface area (Å²) in [4.78, 5) is 28.6. The second-order valence-corrected chi connectivity index (χ2v) is 11.8. The number of phenols is 1. The first-order chi connectivity index (χ1) is 20.4. The van der Waals surface area contributed by atoms with E-state index < -0.39 is 0 Å². The molecule has 3 aliphatic rings. The Bertz CT molecular complexity index is 1550. The molecule has 2 atom stereocenters. The van der Waals surface area contributed by atoms with Crippen molar-refractivity contribution in [2.24, 2.45) is 5.41 Å². The molecule has 0 saturated carbocycles. The van der Waals surface area contributed by atoms with E-state index in [1.54, 1.807) is 11.0 Å². The summed E-state index contributed by atoms with van der Waals surface area (Å²) in [6, 6.07) is 14.0. The van der Waals surface area contributed by atoms with Crippen LogP contribution in [0.4, 0.5) is 11.5 Å². The zero-order valence-electron chi connectivity index (χ0n) is 24.1. The van der Waals surface area contributed by atoms with Gasteiger partial charge in [-0.25, -0.2) is 0 Å². The quantitative estimate of drug-likeness (QED) is 0.414. The van der Waals surface area contributed by atoms with E-state index in [1.165, 1.54) is 6.08 Å². The number of phenolic OH excluding ortho intramolecular Hbond substituents is 1. The summed E-state index contributed by atoms with van der Waals surface area (Å²) in [5.41, 5.74) is 2.94. The number of hydrogen-bond donors (Lipinski definition) is 2. The Morgan fingerprint density at radius 3 is 2.90 bits per heavy atom. The summed E-state index contributed by atoms with van der Waals surface area (Å²) in [7, 11) is 0. The third kappa shape index (κ3) is 5.44. The fraction of sp³-hybridized carbons (Fsp3) is 0.438. The van der Waals surface area contributed by atoms with E-state index in [1.807, 2.05) is 24.3 Å². The molecule has 2 N–H and O–H groups in total. The van der Waals surface area contributed by atoms with Crippen LogP contribution in [0.1, 0.15) is 31.0 Å². The minimum Gasteiger partial charge on any atom is -0.508 e. The molecule has 10 heteroatoms. The lowest BCUT2D eigenvalue weighted by Gasteiger charge is -2.42. The number of anilines is 2. The van der Waals surface area contributed by atoms with Gasteiger partial charge in [0.2, 0.25) is 5.91 Å². The number of rotatable bonds is 7. The van der Waals surface area contributed by atoms with E-state index in [0.29, 0.717) is 45.2 Å². The monoisotopic (exact) mass is 567 g/mol. The first-order valence-corrected chi connectivity index (χ1v) is 14.6. The predicted octanol–water partition coefficient (Wildman–Crippen LogP) is 3.39. The summed E-state index contributed by atoms with van der Waals surface area (Å²) >= 11 is 0. The van der Waals surface area contributed by atoms with Crippen molar-refractivity contribution in [3.8, 4) is 17.8 Å². The van der Waals surface area contributed by atoms with Crippen LogP contribution in [0, 0.1) is 16.7 Å². The van der Waals surface area contributed by atoms with Crippen LogP contribution in [0.25, 0.3) is 10.8 Å². The van der Waals surface area contributed by atoms with Crippen molar-refractivity contribution in [1.29, 1.82) is 5.26 Å². The summed E-state index contributed by atoms with van der Waals surface area (Å²) < 4.78 is 6.29. The number of benzene rings is 2. The van der Waals surface area contributed by atoms with Crippen LogP contribution < -0.4 is 19.9 Å². The zero-order chi connectivity index (χ0) is 29.3. The van der Waals surface area contributed by atoms with Crippen molar-refractivity contribution >= 4 is 28.2 Å². The molecule has 0 bridgehead atoms. The number of ether oxygens (including phenoxy) is 1. The summed E-state index contributed by atoms with van der Waals surface area (Å²) in [6.07, 6.45) is 3.29. The first kappa shape index (κ1) is 27.8. The molecule has 1 aromatic heterocycles. The number of hydrogen-bond acceptors (Lipinski definition) is 9. The Morgan fingerprint density at radius 2 is 2.12 bits per heavy atom. The van der Waals surface area contributed by atoms with Gasteiger partial charge in [-0.15, -0.1) is 0 Å². The number of aromatic hydroxyl groups is 1. The van der Waals surface area contributed by atoms with E-state index in [-0.39, 0.29) is 29.5 Å². The molecule has 3 aliphatic heterocycles.